The first-order valence-electron chi connectivity index (χ1n) is 10.9. The molecule has 0 saturated heterocycles. The van der Waals surface area contributed by atoms with Gasteiger partial charge in [0.25, 0.3) is 10.0 Å². The van der Waals surface area contributed by atoms with Gasteiger partial charge in [-0.2, -0.15) is 0 Å². The second kappa shape index (κ2) is 11.4. The number of halogens is 2. The lowest BCUT2D eigenvalue weighted by atomic mass is 10.3. The Bertz CT molecular complexity index is 1330. The number of pyridine rings is 1. The summed E-state index contributed by atoms with van der Waals surface area (Å²) >= 11 is 11.9. The highest BCUT2D eigenvalue weighted by molar-refractivity contribution is 7.92. The third-order valence-corrected chi connectivity index (χ3v) is 7.50. The summed E-state index contributed by atoms with van der Waals surface area (Å²) in [5.74, 6) is 0.466. The topological polar surface area (TPSA) is 92.2 Å². The van der Waals surface area contributed by atoms with Crippen molar-refractivity contribution in [1.29, 1.82) is 0 Å². The van der Waals surface area contributed by atoms with E-state index in [0.29, 0.717) is 41.2 Å². The van der Waals surface area contributed by atoms with Gasteiger partial charge in [0.2, 0.25) is 0 Å². The van der Waals surface area contributed by atoms with Crippen molar-refractivity contribution in [1.82, 2.24) is 14.5 Å². The van der Waals surface area contributed by atoms with Crippen LogP contribution in [0.15, 0.2) is 90.5 Å². The Morgan fingerprint density at radius 3 is 2.26 bits per heavy atom. The molecular formula is C24H24Cl2N6O2S. The molecule has 0 aliphatic heterocycles. The molecule has 0 unspecified atom stereocenters. The van der Waals surface area contributed by atoms with Crippen LogP contribution in [0, 0.1) is 0 Å². The van der Waals surface area contributed by atoms with Gasteiger partial charge < -0.3 is 15.2 Å². The van der Waals surface area contributed by atoms with Gasteiger partial charge in [-0.15, -0.1) is 0 Å². The van der Waals surface area contributed by atoms with Crippen LogP contribution >= 0.6 is 23.2 Å². The van der Waals surface area contributed by atoms with Crippen molar-refractivity contribution >= 4 is 50.4 Å². The maximum atomic E-state index is 13.7. The largest absolute Gasteiger partial charge is 0.383 e. The average molecular weight is 531 g/mol. The van der Waals surface area contributed by atoms with Gasteiger partial charge in [-0.25, -0.2) is 18.4 Å². The van der Waals surface area contributed by atoms with E-state index >= 15 is 0 Å². The maximum Gasteiger partial charge on any atom is 0.264 e. The Morgan fingerprint density at radius 1 is 0.886 bits per heavy atom. The minimum absolute atomic E-state index is 0.145. The first kappa shape index (κ1) is 24.8. The number of nitrogens with one attached hydrogen (secondary N) is 2. The Labute approximate surface area is 214 Å². The lowest BCUT2D eigenvalue weighted by Gasteiger charge is -2.26. The van der Waals surface area contributed by atoms with Gasteiger partial charge in [0, 0.05) is 54.0 Å². The standard InChI is InChI=1S/C24H24Cl2N6O2S/c25-19-3-7-21(8-4-19)28-12-13-30-24-23(2-1-11-29-24)32(17-16-31-15-14-27-18-31)35(33,34)22-9-5-20(26)6-10-22/h1-11,14-15,18,28H,12-13,16-17H2,(H,29,30). The van der Waals surface area contributed by atoms with Crippen LogP contribution in [0.5, 0.6) is 0 Å². The van der Waals surface area contributed by atoms with E-state index in [4.69, 9.17) is 23.2 Å². The predicted octanol–water partition coefficient (Wildman–Crippen LogP) is 5.00. The van der Waals surface area contributed by atoms with Crippen LogP contribution in [0.4, 0.5) is 17.2 Å². The molecule has 0 aliphatic carbocycles. The number of aromatic nitrogens is 3. The third-order valence-electron chi connectivity index (χ3n) is 5.17. The molecule has 11 heteroatoms. The monoisotopic (exact) mass is 530 g/mol. The minimum Gasteiger partial charge on any atom is -0.383 e. The zero-order valence-corrected chi connectivity index (χ0v) is 21.0. The van der Waals surface area contributed by atoms with Crippen LogP contribution in [0.1, 0.15) is 0 Å². The zero-order valence-electron chi connectivity index (χ0n) is 18.7. The fourth-order valence-electron chi connectivity index (χ4n) is 3.42. The minimum atomic E-state index is -3.89. The molecule has 8 nitrogen and oxygen atoms in total. The van der Waals surface area contributed by atoms with Crippen molar-refractivity contribution in [2.75, 3.05) is 34.6 Å². The second-order valence-corrected chi connectivity index (χ2v) is 10.3. The van der Waals surface area contributed by atoms with Crippen molar-refractivity contribution in [3.05, 3.63) is 95.6 Å². The van der Waals surface area contributed by atoms with Crippen LogP contribution in [0.25, 0.3) is 0 Å². The fraction of sp³-hybridized carbons (Fsp3) is 0.167. The van der Waals surface area contributed by atoms with E-state index in [1.165, 1.54) is 16.4 Å². The first-order valence-corrected chi connectivity index (χ1v) is 13.1. The smallest absolute Gasteiger partial charge is 0.264 e. The molecule has 0 bridgehead atoms. The molecule has 0 atom stereocenters. The summed E-state index contributed by atoms with van der Waals surface area (Å²) in [6.45, 7) is 1.71. The molecule has 4 rings (SSSR count). The van der Waals surface area contributed by atoms with Crippen LogP contribution in [0.2, 0.25) is 10.0 Å². The number of imidazole rings is 1. The lowest BCUT2D eigenvalue weighted by Crippen LogP contribution is -2.34. The molecule has 2 aromatic carbocycles. The van der Waals surface area contributed by atoms with E-state index in [2.05, 4.69) is 20.6 Å². The van der Waals surface area contributed by atoms with Crippen molar-refractivity contribution < 1.29 is 8.42 Å². The Balaban J connectivity index is 1.55. The van der Waals surface area contributed by atoms with E-state index in [9.17, 15) is 8.42 Å². The van der Waals surface area contributed by atoms with Crippen molar-refractivity contribution in [3.63, 3.8) is 0 Å². The van der Waals surface area contributed by atoms with E-state index in [0.717, 1.165) is 5.69 Å². The van der Waals surface area contributed by atoms with Gasteiger partial charge in [0.05, 0.1) is 23.5 Å². The van der Waals surface area contributed by atoms with Crippen LogP contribution in [-0.4, -0.2) is 42.6 Å². The van der Waals surface area contributed by atoms with Crippen LogP contribution in [0.3, 0.4) is 0 Å². The van der Waals surface area contributed by atoms with E-state index in [1.54, 1.807) is 49.2 Å². The van der Waals surface area contributed by atoms with Gasteiger partial charge >= 0.3 is 0 Å². The Hall–Kier alpha value is -3.27. The molecular weight excluding hydrogens is 507 g/mol. The molecule has 0 radical (unpaired) electrons. The molecule has 2 N–H and O–H groups in total. The summed E-state index contributed by atoms with van der Waals surface area (Å²) in [6.07, 6.45) is 6.72. The van der Waals surface area contributed by atoms with Crippen LogP contribution < -0.4 is 14.9 Å². The number of hydrogen-bond donors (Lipinski definition) is 2. The summed E-state index contributed by atoms with van der Waals surface area (Å²) in [7, 11) is -3.89. The van der Waals surface area contributed by atoms with E-state index < -0.39 is 10.0 Å². The number of benzene rings is 2. The summed E-state index contributed by atoms with van der Waals surface area (Å²) < 4.78 is 30.5. The number of rotatable bonds is 11. The highest BCUT2D eigenvalue weighted by Gasteiger charge is 2.27. The molecule has 0 amide bonds. The SMILES string of the molecule is O=S(=O)(c1ccc(Cl)cc1)N(CCn1ccnc1)c1cccnc1NCCNc1ccc(Cl)cc1. The van der Waals surface area contributed by atoms with Crippen LogP contribution in [-0.2, 0) is 16.6 Å². The molecule has 0 saturated carbocycles. The molecule has 35 heavy (non-hydrogen) atoms. The van der Waals surface area contributed by atoms with Crippen molar-refractivity contribution in [2.24, 2.45) is 0 Å². The maximum absolute atomic E-state index is 13.7. The number of nitrogens with zero attached hydrogens (tertiary/aromatic N) is 4. The highest BCUT2D eigenvalue weighted by Crippen LogP contribution is 2.29. The molecule has 2 heterocycles. The normalized spacial score (nSPS) is 11.3. The second-order valence-electron chi connectivity index (χ2n) is 7.56. The van der Waals surface area contributed by atoms with Gasteiger partial charge in [0.15, 0.2) is 5.82 Å². The predicted molar refractivity (Wildman–Crippen MR) is 141 cm³/mol. The van der Waals surface area contributed by atoms with Gasteiger partial charge in [-0.05, 0) is 60.7 Å². The molecule has 4 aromatic rings. The quantitative estimate of drug-likeness (QED) is 0.265. The number of sulfonamides is 1. The van der Waals surface area contributed by atoms with E-state index in [-0.39, 0.29) is 11.4 Å². The van der Waals surface area contributed by atoms with E-state index in [1.807, 2.05) is 28.8 Å². The number of hydrogen-bond acceptors (Lipinski definition) is 6. The first-order chi connectivity index (χ1) is 16.9. The fourth-order valence-corrected chi connectivity index (χ4v) is 5.13. The van der Waals surface area contributed by atoms with Crippen molar-refractivity contribution in [2.45, 2.75) is 11.4 Å². The highest BCUT2D eigenvalue weighted by atomic mass is 35.5. The lowest BCUT2D eigenvalue weighted by molar-refractivity contribution is 0.585. The third kappa shape index (κ3) is 6.45. The van der Waals surface area contributed by atoms with Gasteiger partial charge in [0.1, 0.15) is 0 Å². The average Bonchev–Trinajstić information content (AvgIpc) is 3.38. The van der Waals surface area contributed by atoms with Crippen molar-refractivity contribution in [3.8, 4) is 0 Å². The molecule has 0 fully saturated rings. The molecule has 2 aromatic heterocycles. The Morgan fingerprint density at radius 2 is 1.57 bits per heavy atom. The zero-order chi connectivity index (χ0) is 24.7. The van der Waals surface area contributed by atoms with Gasteiger partial charge in [-0.3, -0.25) is 4.31 Å². The Kier molecular flexibility index (Phi) is 8.12. The molecule has 0 spiro atoms. The number of anilines is 3. The van der Waals surface area contributed by atoms with Gasteiger partial charge in [-0.1, -0.05) is 23.2 Å². The summed E-state index contributed by atoms with van der Waals surface area (Å²) in [4.78, 5) is 8.61. The molecule has 182 valence electrons. The summed E-state index contributed by atoms with van der Waals surface area (Å²) in [6, 6.07) is 17.0. The molecule has 0 aliphatic rings. The summed E-state index contributed by atoms with van der Waals surface area (Å²) in [5.41, 5.74) is 1.39. The summed E-state index contributed by atoms with van der Waals surface area (Å²) in [5, 5.41) is 7.68.